The van der Waals surface area contributed by atoms with E-state index in [0.717, 1.165) is 0 Å². The predicted octanol–water partition coefficient (Wildman–Crippen LogP) is 1.54. The van der Waals surface area contributed by atoms with Crippen LogP contribution in [0.15, 0.2) is 35.6 Å². The molecule has 4 heteroatoms. The highest BCUT2D eigenvalue weighted by atomic mass is 16.4. The Hall–Kier alpha value is -2.02. The minimum Gasteiger partial charge on any atom is -0.508 e. The molecule has 1 atom stereocenters. The van der Waals surface area contributed by atoms with Gasteiger partial charge in [-0.25, -0.2) is 4.79 Å². The molecular weight excluding hydrogens is 182 g/mol. The lowest BCUT2D eigenvalue weighted by molar-refractivity contribution is -0.132. The van der Waals surface area contributed by atoms with Crippen LogP contribution < -0.4 is 0 Å². The maximum absolute atomic E-state index is 10.5. The van der Waals surface area contributed by atoms with Crippen LogP contribution in [0.3, 0.4) is 0 Å². The van der Waals surface area contributed by atoms with Gasteiger partial charge in [0.05, 0.1) is 0 Å². The Bertz CT molecular complexity index is 371. The molecule has 72 valence electrons. The molecule has 0 spiro atoms. The van der Waals surface area contributed by atoms with Gasteiger partial charge in [-0.15, -0.1) is 0 Å². The highest BCUT2D eigenvalue weighted by Gasteiger charge is 2.11. The third-order valence-corrected chi connectivity index (χ3v) is 1.84. The molecule has 0 aromatic rings. The fraction of sp³-hybridized carbons (Fsp3) is 0.200. The number of carbonyl (C=O) groups is 1. The van der Waals surface area contributed by atoms with Crippen LogP contribution in [0.4, 0.5) is 0 Å². The molecule has 0 saturated heterocycles. The lowest BCUT2D eigenvalue weighted by atomic mass is 9.97. The average Bonchev–Trinajstić information content (AvgIpc) is 2.16. The number of allylic oxidation sites excluding steroid dienone is 4. The smallest absolute Gasteiger partial charge is 0.346 e. The first-order valence-corrected chi connectivity index (χ1v) is 4.06. The summed E-state index contributed by atoms with van der Waals surface area (Å²) in [6.45, 7) is 0. The van der Waals surface area contributed by atoms with Crippen LogP contribution in [-0.4, -0.2) is 16.2 Å². The molecule has 0 heterocycles. The number of hydrogen-bond acceptors (Lipinski definition) is 3. The van der Waals surface area contributed by atoms with Gasteiger partial charge in [-0.05, 0) is 18.6 Å². The van der Waals surface area contributed by atoms with Crippen molar-refractivity contribution in [3.63, 3.8) is 0 Å². The van der Waals surface area contributed by atoms with Crippen LogP contribution in [-0.2, 0) is 4.79 Å². The lowest BCUT2D eigenvalue weighted by Crippen LogP contribution is -2.03. The van der Waals surface area contributed by atoms with Crippen molar-refractivity contribution in [3.8, 4) is 6.07 Å². The van der Waals surface area contributed by atoms with Gasteiger partial charge in [0, 0.05) is 5.92 Å². The first kappa shape index (κ1) is 10.1. The summed E-state index contributed by atoms with van der Waals surface area (Å²) in [6.07, 6.45) is 6.62. The maximum Gasteiger partial charge on any atom is 0.346 e. The van der Waals surface area contributed by atoms with Gasteiger partial charge in [0.2, 0.25) is 0 Å². The van der Waals surface area contributed by atoms with E-state index in [1.807, 2.05) is 0 Å². The van der Waals surface area contributed by atoms with Gasteiger partial charge >= 0.3 is 5.97 Å². The highest BCUT2D eigenvalue weighted by Crippen LogP contribution is 2.17. The summed E-state index contributed by atoms with van der Waals surface area (Å²) in [5, 5.41) is 26.1. The van der Waals surface area contributed by atoms with Crippen LogP contribution in [0, 0.1) is 17.2 Å². The van der Waals surface area contributed by atoms with Crippen LogP contribution >= 0.6 is 0 Å². The van der Waals surface area contributed by atoms with Gasteiger partial charge in [0.1, 0.15) is 17.4 Å². The van der Waals surface area contributed by atoms with Gasteiger partial charge in [-0.3, -0.25) is 0 Å². The molecule has 1 rings (SSSR count). The van der Waals surface area contributed by atoms with Gasteiger partial charge in [-0.2, -0.15) is 5.26 Å². The zero-order chi connectivity index (χ0) is 10.6. The summed E-state index contributed by atoms with van der Waals surface area (Å²) in [7, 11) is 0. The molecule has 14 heavy (non-hydrogen) atoms. The standard InChI is InChI=1S/C10H9NO3/c11-6-8(10(13)14)5-7-1-3-9(12)4-2-7/h1,3-5,7,12H,2H2,(H,13,14)/b8-5+/t7-/m0/s1. The van der Waals surface area contributed by atoms with Crippen molar-refractivity contribution < 1.29 is 15.0 Å². The van der Waals surface area contributed by atoms with E-state index in [9.17, 15) is 4.79 Å². The van der Waals surface area contributed by atoms with Crippen molar-refractivity contribution in [3.05, 3.63) is 35.6 Å². The number of carboxylic acid groups (broad SMARTS) is 1. The predicted molar refractivity (Wildman–Crippen MR) is 49.3 cm³/mol. The largest absolute Gasteiger partial charge is 0.508 e. The average molecular weight is 191 g/mol. The lowest BCUT2D eigenvalue weighted by Gasteiger charge is -2.08. The van der Waals surface area contributed by atoms with Crippen molar-refractivity contribution in [2.45, 2.75) is 6.42 Å². The number of carboxylic acids is 1. The third-order valence-electron chi connectivity index (χ3n) is 1.84. The second-order valence-corrected chi connectivity index (χ2v) is 2.88. The molecule has 1 aliphatic rings. The minimum absolute atomic E-state index is 0.128. The van der Waals surface area contributed by atoms with Crippen LogP contribution in [0.25, 0.3) is 0 Å². The molecule has 0 aliphatic heterocycles. The Morgan fingerprint density at radius 3 is 2.86 bits per heavy atom. The number of rotatable bonds is 2. The van der Waals surface area contributed by atoms with Crippen molar-refractivity contribution in [2.24, 2.45) is 5.92 Å². The first-order valence-electron chi connectivity index (χ1n) is 4.06. The Balaban J connectivity index is 2.75. The molecule has 1 aliphatic carbocycles. The highest BCUT2D eigenvalue weighted by molar-refractivity contribution is 5.91. The minimum atomic E-state index is -1.22. The number of aliphatic carboxylic acids is 1. The Morgan fingerprint density at radius 1 is 1.71 bits per heavy atom. The molecule has 0 aromatic heterocycles. The van der Waals surface area contributed by atoms with Gasteiger partial charge in [-0.1, -0.05) is 12.2 Å². The first-order chi connectivity index (χ1) is 6.63. The van der Waals surface area contributed by atoms with Crippen LogP contribution in [0.5, 0.6) is 0 Å². The van der Waals surface area contributed by atoms with E-state index in [-0.39, 0.29) is 17.3 Å². The van der Waals surface area contributed by atoms with Crippen molar-refractivity contribution in [1.82, 2.24) is 0 Å². The zero-order valence-electron chi connectivity index (χ0n) is 7.34. The van der Waals surface area contributed by atoms with E-state index in [0.29, 0.717) is 6.42 Å². The van der Waals surface area contributed by atoms with E-state index in [4.69, 9.17) is 15.5 Å². The molecule has 4 nitrogen and oxygen atoms in total. The second kappa shape index (κ2) is 4.28. The van der Waals surface area contributed by atoms with E-state index in [2.05, 4.69) is 0 Å². The van der Waals surface area contributed by atoms with E-state index in [1.54, 1.807) is 18.2 Å². The Labute approximate surface area is 81.1 Å². The van der Waals surface area contributed by atoms with Crippen molar-refractivity contribution in [2.75, 3.05) is 0 Å². The summed E-state index contributed by atoms with van der Waals surface area (Å²) < 4.78 is 0. The Morgan fingerprint density at radius 2 is 2.43 bits per heavy atom. The quantitative estimate of drug-likeness (QED) is 0.512. The van der Waals surface area contributed by atoms with Crippen LogP contribution in [0.1, 0.15) is 6.42 Å². The molecule has 0 fully saturated rings. The summed E-state index contributed by atoms with van der Waals surface area (Å²) in [5.41, 5.74) is -0.269. The van der Waals surface area contributed by atoms with E-state index >= 15 is 0 Å². The molecular formula is C10H9NO3. The summed E-state index contributed by atoms with van der Waals surface area (Å²) in [4.78, 5) is 10.5. The molecule has 0 unspecified atom stereocenters. The molecule has 0 aromatic carbocycles. The fourth-order valence-corrected chi connectivity index (χ4v) is 1.12. The van der Waals surface area contributed by atoms with Gasteiger partial charge in [0.25, 0.3) is 0 Å². The van der Waals surface area contributed by atoms with Crippen molar-refractivity contribution >= 4 is 5.97 Å². The van der Waals surface area contributed by atoms with E-state index < -0.39 is 5.97 Å². The number of nitrogens with zero attached hydrogens (tertiary/aromatic N) is 1. The second-order valence-electron chi connectivity index (χ2n) is 2.88. The topological polar surface area (TPSA) is 81.3 Å². The fourth-order valence-electron chi connectivity index (χ4n) is 1.12. The van der Waals surface area contributed by atoms with Gasteiger partial charge < -0.3 is 10.2 Å². The maximum atomic E-state index is 10.5. The monoisotopic (exact) mass is 191 g/mol. The van der Waals surface area contributed by atoms with Crippen molar-refractivity contribution in [1.29, 1.82) is 5.26 Å². The molecule has 2 N–H and O–H groups in total. The normalized spacial score (nSPS) is 21.2. The van der Waals surface area contributed by atoms with Gasteiger partial charge in [0.15, 0.2) is 0 Å². The molecule has 0 amide bonds. The SMILES string of the molecule is N#C/C(=C\[C@H]1C=CC(O)=CC1)C(=O)O. The summed E-state index contributed by atoms with van der Waals surface area (Å²) >= 11 is 0. The molecule has 0 saturated carbocycles. The summed E-state index contributed by atoms with van der Waals surface area (Å²) in [6, 6.07) is 1.60. The van der Waals surface area contributed by atoms with Crippen LogP contribution in [0.2, 0.25) is 0 Å². The molecule has 0 radical (unpaired) electrons. The molecule has 0 bridgehead atoms. The zero-order valence-corrected chi connectivity index (χ0v) is 7.34. The Kier molecular flexibility index (Phi) is 3.08. The number of aliphatic hydroxyl groups excluding tert-OH is 1. The summed E-state index contributed by atoms with van der Waals surface area (Å²) in [5.74, 6) is -1.18. The van der Waals surface area contributed by atoms with E-state index in [1.165, 1.54) is 12.2 Å². The number of hydrogen-bond donors (Lipinski definition) is 2. The number of aliphatic hydroxyl groups is 1. The third kappa shape index (κ3) is 2.49. The number of nitriles is 1.